The minimum atomic E-state index is -3.32. The molecule has 1 heterocycles. The number of benzene rings is 1. The zero-order valence-electron chi connectivity index (χ0n) is 14.6. The molecule has 0 spiro atoms. The summed E-state index contributed by atoms with van der Waals surface area (Å²) in [7, 11) is 3.22. The predicted molar refractivity (Wildman–Crippen MR) is 94.3 cm³/mol. The first-order chi connectivity index (χ1) is 12.1. The van der Waals surface area contributed by atoms with E-state index in [4.69, 9.17) is 5.41 Å². The van der Waals surface area contributed by atoms with E-state index in [1.165, 1.54) is 17.2 Å². The third-order valence-corrected chi connectivity index (χ3v) is 3.76. The third-order valence-electron chi connectivity index (χ3n) is 3.76. The van der Waals surface area contributed by atoms with Crippen LogP contribution in [0.25, 0.3) is 11.1 Å². The highest BCUT2D eigenvalue weighted by molar-refractivity contribution is 5.87. The molecule has 0 bridgehead atoms. The fourth-order valence-electron chi connectivity index (χ4n) is 2.26. The normalized spacial score (nSPS) is 11.2. The van der Waals surface area contributed by atoms with Crippen molar-refractivity contribution >= 4 is 17.8 Å². The van der Waals surface area contributed by atoms with Gasteiger partial charge in [0.05, 0.1) is 17.8 Å². The second-order valence-electron chi connectivity index (χ2n) is 6.03. The number of alkyl halides is 2. The minimum Gasteiger partial charge on any atom is -0.374 e. The number of rotatable bonds is 6. The number of hydrogen-bond acceptors (Lipinski definition) is 4. The summed E-state index contributed by atoms with van der Waals surface area (Å²) in [5.41, 5.74) is 0.809. The average molecular weight is 364 g/mol. The van der Waals surface area contributed by atoms with Crippen molar-refractivity contribution in [2.45, 2.75) is 12.8 Å². The lowest BCUT2D eigenvalue weighted by atomic mass is 10.0. The van der Waals surface area contributed by atoms with Gasteiger partial charge in [-0.3, -0.25) is 9.78 Å². The number of carbonyl (C=O) groups excluding carboxylic acids is 1. The smallest absolute Gasteiger partial charge is 0.273 e. The SMILES string of the molecule is CN(C)C(=O)CNc1cc(-c2ccc(F)c(C(C)(F)F)c2)cnc1C=N. The lowest BCUT2D eigenvalue weighted by Gasteiger charge is -2.15. The highest BCUT2D eigenvalue weighted by Crippen LogP contribution is 2.33. The van der Waals surface area contributed by atoms with E-state index in [1.54, 1.807) is 20.2 Å². The largest absolute Gasteiger partial charge is 0.374 e. The van der Waals surface area contributed by atoms with Crippen LogP contribution >= 0.6 is 0 Å². The van der Waals surface area contributed by atoms with Crippen molar-refractivity contribution in [3.63, 3.8) is 0 Å². The Kier molecular flexibility index (Phi) is 5.64. The number of amides is 1. The summed E-state index contributed by atoms with van der Waals surface area (Å²) in [4.78, 5) is 17.2. The van der Waals surface area contributed by atoms with Crippen LogP contribution in [0, 0.1) is 11.2 Å². The number of likely N-dealkylation sites (N-methyl/N-ethyl adjacent to an activating group) is 1. The number of nitrogens with one attached hydrogen (secondary N) is 2. The molecule has 1 amide bonds. The summed E-state index contributed by atoms with van der Waals surface area (Å²) in [5, 5.41) is 10.3. The van der Waals surface area contributed by atoms with Crippen molar-refractivity contribution in [2.24, 2.45) is 0 Å². The lowest BCUT2D eigenvalue weighted by molar-refractivity contribution is -0.126. The van der Waals surface area contributed by atoms with Gasteiger partial charge >= 0.3 is 0 Å². The Morgan fingerprint density at radius 3 is 2.58 bits per heavy atom. The molecule has 0 radical (unpaired) electrons. The maximum Gasteiger partial charge on any atom is 0.273 e. The molecule has 0 fully saturated rings. The van der Waals surface area contributed by atoms with Crippen molar-refractivity contribution < 1.29 is 18.0 Å². The van der Waals surface area contributed by atoms with Crippen molar-refractivity contribution in [3.8, 4) is 11.1 Å². The summed E-state index contributed by atoms with van der Waals surface area (Å²) in [6.45, 7) is 0.617. The summed E-state index contributed by atoms with van der Waals surface area (Å²) in [5.74, 6) is -4.48. The standard InChI is InChI=1S/C18H19F3N4O/c1-18(20,21)13-6-11(4-5-14(13)19)12-7-15(16(8-22)23-9-12)24-10-17(26)25(2)3/h4-9,22,24H,10H2,1-3H3. The molecular weight excluding hydrogens is 345 g/mol. The van der Waals surface area contributed by atoms with Crippen LogP contribution in [-0.4, -0.2) is 42.6 Å². The Hall–Kier alpha value is -2.90. The number of carbonyl (C=O) groups is 1. The van der Waals surface area contributed by atoms with Crippen LogP contribution in [0.5, 0.6) is 0 Å². The molecule has 5 nitrogen and oxygen atoms in total. The first kappa shape index (κ1) is 19.4. The van der Waals surface area contributed by atoms with Gasteiger partial charge in [-0.1, -0.05) is 6.07 Å². The molecule has 0 atom stereocenters. The molecule has 1 aromatic carbocycles. The molecule has 0 saturated carbocycles. The summed E-state index contributed by atoms with van der Waals surface area (Å²) < 4.78 is 40.8. The van der Waals surface area contributed by atoms with Crippen molar-refractivity contribution in [3.05, 3.63) is 47.5 Å². The fourth-order valence-corrected chi connectivity index (χ4v) is 2.26. The van der Waals surface area contributed by atoms with Crippen molar-refractivity contribution in [2.75, 3.05) is 26.0 Å². The number of nitrogens with zero attached hydrogens (tertiary/aromatic N) is 2. The molecule has 0 aliphatic heterocycles. The van der Waals surface area contributed by atoms with Gasteiger partial charge in [0.2, 0.25) is 5.91 Å². The summed E-state index contributed by atoms with van der Waals surface area (Å²) in [6.07, 6.45) is 2.42. The van der Waals surface area contributed by atoms with Gasteiger partial charge in [-0.25, -0.2) is 13.2 Å². The molecule has 2 rings (SSSR count). The highest BCUT2D eigenvalue weighted by Gasteiger charge is 2.28. The van der Waals surface area contributed by atoms with Crippen LogP contribution in [0.4, 0.5) is 18.9 Å². The molecule has 0 unspecified atom stereocenters. The van der Waals surface area contributed by atoms with Gasteiger partial charge < -0.3 is 15.6 Å². The van der Waals surface area contributed by atoms with E-state index in [0.717, 1.165) is 18.3 Å². The molecule has 1 aromatic heterocycles. The Morgan fingerprint density at radius 2 is 2.00 bits per heavy atom. The zero-order valence-corrected chi connectivity index (χ0v) is 14.6. The maximum absolute atomic E-state index is 13.7. The van der Waals surface area contributed by atoms with E-state index in [-0.39, 0.29) is 12.5 Å². The molecule has 2 aromatic rings. The lowest BCUT2D eigenvalue weighted by Crippen LogP contribution is -2.28. The average Bonchev–Trinajstić information content (AvgIpc) is 2.58. The monoisotopic (exact) mass is 364 g/mol. The molecule has 2 N–H and O–H groups in total. The van der Waals surface area contributed by atoms with Crippen LogP contribution < -0.4 is 5.32 Å². The number of aromatic nitrogens is 1. The van der Waals surface area contributed by atoms with E-state index in [1.807, 2.05) is 0 Å². The molecule has 8 heteroatoms. The van der Waals surface area contributed by atoms with Gasteiger partial charge in [-0.05, 0) is 23.8 Å². The van der Waals surface area contributed by atoms with Crippen LogP contribution in [0.1, 0.15) is 18.2 Å². The van der Waals surface area contributed by atoms with Gasteiger partial charge in [0.1, 0.15) is 11.5 Å². The Bertz CT molecular complexity index is 832. The van der Waals surface area contributed by atoms with E-state index in [9.17, 15) is 18.0 Å². The Morgan fingerprint density at radius 1 is 1.31 bits per heavy atom. The van der Waals surface area contributed by atoms with Gasteiger partial charge in [0.15, 0.2) is 0 Å². The van der Waals surface area contributed by atoms with Crippen LogP contribution in [0.15, 0.2) is 30.5 Å². The molecule has 0 aliphatic rings. The summed E-state index contributed by atoms with van der Waals surface area (Å²) >= 11 is 0. The van der Waals surface area contributed by atoms with E-state index >= 15 is 0 Å². The van der Waals surface area contributed by atoms with Gasteiger partial charge in [-0.2, -0.15) is 0 Å². The number of anilines is 1. The van der Waals surface area contributed by atoms with Gasteiger partial charge in [0.25, 0.3) is 5.92 Å². The number of pyridine rings is 1. The van der Waals surface area contributed by atoms with Gasteiger partial charge in [0, 0.05) is 39.0 Å². The van der Waals surface area contributed by atoms with E-state index in [0.29, 0.717) is 29.4 Å². The quantitative estimate of drug-likeness (QED) is 0.771. The second kappa shape index (κ2) is 7.55. The molecular formula is C18H19F3N4O. The topological polar surface area (TPSA) is 69.1 Å². The third kappa shape index (κ3) is 4.38. The highest BCUT2D eigenvalue weighted by atomic mass is 19.3. The Labute approximate surface area is 149 Å². The second-order valence-corrected chi connectivity index (χ2v) is 6.03. The number of hydrogen-bond donors (Lipinski definition) is 2. The first-order valence-corrected chi connectivity index (χ1v) is 7.76. The van der Waals surface area contributed by atoms with Crippen molar-refractivity contribution in [1.29, 1.82) is 5.41 Å². The van der Waals surface area contributed by atoms with E-state index < -0.39 is 17.3 Å². The Balaban J connectivity index is 2.41. The molecule has 0 aliphatic carbocycles. The van der Waals surface area contributed by atoms with Crippen LogP contribution in [-0.2, 0) is 10.7 Å². The van der Waals surface area contributed by atoms with E-state index in [2.05, 4.69) is 10.3 Å². The summed E-state index contributed by atoms with van der Waals surface area (Å²) in [6, 6.07) is 5.02. The minimum absolute atomic E-state index is 0.0132. The van der Waals surface area contributed by atoms with Crippen molar-refractivity contribution in [1.82, 2.24) is 9.88 Å². The first-order valence-electron chi connectivity index (χ1n) is 7.76. The predicted octanol–water partition coefficient (Wildman–Crippen LogP) is 3.50. The fraction of sp³-hybridized carbons (Fsp3) is 0.278. The van der Waals surface area contributed by atoms with Crippen LogP contribution in [0.2, 0.25) is 0 Å². The van der Waals surface area contributed by atoms with Crippen LogP contribution in [0.3, 0.4) is 0 Å². The molecule has 138 valence electrons. The van der Waals surface area contributed by atoms with Gasteiger partial charge in [-0.15, -0.1) is 0 Å². The maximum atomic E-state index is 13.7. The number of halogens is 3. The molecule has 26 heavy (non-hydrogen) atoms. The molecule has 0 saturated heterocycles. The zero-order chi connectivity index (χ0) is 19.5.